The first-order valence-corrected chi connectivity index (χ1v) is 4.27. The van der Waals surface area contributed by atoms with Gasteiger partial charge < -0.3 is 5.21 Å². The molecule has 0 aliphatic carbocycles. The molecule has 2 aromatic heterocycles. The second-order valence-electron chi connectivity index (χ2n) is 2.96. The molecule has 2 heterocycles. The molecule has 0 fully saturated rings. The van der Waals surface area contributed by atoms with Crippen LogP contribution in [0.4, 0.5) is 0 Å². The zero-order valence-corrected chi connectivity index (χ0v) is 7.40. The van der Waals surface area contributed by atoms with Crippen LogP contribution >= 0.6 is 0 Å². The molecule has 0 saturated heterocycles. The Morgan fingerprint density at radius 2 is 2.31 bits per heavy atom. The molecule has 0 aliphatic heterocycles. The molecule has 0 aliphatic rings. The van der Waals surface area contributed by atoms with Gasteiger partial charge in [-0.15, -0.1) is 0 Å². The third-order valence-electron chi connectivity index (χ3n) is 2.05. The van der Waals surface area contributed by atoms with Crippen LogP contribution in [0.15, 0.2) is 30.7 Å². The summed E-state index contributed by atoms with van der Waals surface area (Å²) in [4.78, 5) is 4.21. The highest BCUT2D eigenvalue weighted by molar-refractivity contribution is 5.80. The van der Waals surface area contributed by atoms with Crippen molar-refractivity contribution in [2.75, 3.05) is 0 Å². The largest absolute Gasteiger partial charge is 0.619 e. The summed E-state index contributed by atoms with van der Waals surface area (Å²) in [6, 6.07) is 3.82. The minimum atomic E-state index is 0.787. The topological polar surface area (TPSA) is 39.8 Å². The lowest BCUT2D eigenvalue weighted by atomic mass is 10.2. The second-order valence-corrected chi connectivity index (χ2v) is 2.96. The van der Waals surface area contributed by atoms with Crippen molar-refractivity contribution in [1.29, 1.82) is 0 Å². The van der Waals surface area contributed by atoms with Gasteiger partial charge in [0.2, 0.25) is 0 Å². The first-order chi connectivity index (χ1) is 6.29. The van der Waals surface area contributed by atoms with Crippen LogP contribution < -0.4 is 4.73 Å². The highest BCUT2D eigenvalue weighted by atomic mass is 16.5. The number of pyridine rings is 2. The average molecular weight is 174 g/mol. The molecule has 0 saturated carbocycles. The minimum absolute atomic E-state index is 0.787. The summed E-state index contributed by atoms with van der Waals surface area (Å²) < 4.78 is 0.787. The monoisotopic (exact) mass is 174 g/mol. The van der Waals surface area contributed by atoms with Crippen LogP contribution in [0.2, 0.25) is 0 Å². The minimum Gasteiger partial charge on any atom is -0.619 e. The Hall–Kier alpha value is -1.64. The zero-order chi connectivity index (χ0) is 9.26. The fourth-order valence-corrected chi connectivity index (χ4v) is 1.31. The van der Waals surface area contributed by atoms with E-state index in [4.69, 9.17) is 0 Å². The second kappa shape index (κ2) is 3.01. The van der Waals surface area contributed by atoms with Crippen molar-refractivity contribution >= 4 is 10.8 Å². The maximum absolute atomic E-state index is 10.9. The third-order valence-corrected chi connectivity index (χ3v) is 2.05. The Morgan fingerprint density at radius 1 is 1.46 bits per heavy atom. The van der Waals surface area contributed by atoms with Crippen LogP contribution in [0, 0.1) is 5.21 Å². The van der Waals surface area contributed by atoms with E-state index in [1.807, 2.05) is 12.1 Å². The van der Waals surface area contributed by atoms with Crippen molar-refractivity contribution in [3.63, 3.8) is 0 Å². The van der Waals surface area contributed by atoms with Crippen LogP contribution in [0.1, 0.15) is 12.6 Å². The lowest BCUT2D eigenvalue weighted by Gasteiger charge is -2.00. The van der Waals surface area contributed by atoms with Gasteiger partial charge in [-0.25, -0.2) is 0 Å². The number of hydrogen-bond acceptors (Lipinski definition) is 2. The predicted molar refractivity (Wildman–Crippen MR) is 50.1 cm³/mol. The molecule has 0 N–H and O–H groups in total. The van der Waals surface area contributed by atoms with Gasteiger partial charge in [0, 0.05) is 18.0 Å². The maximum Gasteiger partial charge on any atom is 0.189 e. The van der Waals surface area contributed by atoms with E-state index < -0.39 is 0 Å². The standard InChI is InChI=1S/C10H10N2O/c1-2-10-5-8-3-4-12(13)7-9(8)6-11-10/h3-7H,2H2,1H3. The van der Waals surface area contributed by atoms with Gasteiger partial charge in [0.25, 0.3) is 0 Å². The summed E-state index contributed by atoms with van der Waals surface area (Å²) in [6.07, 6.45) is 5.69. The summed E-state index contributed by atoms with van der Waals surface area (Å²) in [6.45, 7) is 2.06. The van der Waals surface area contributed by atoms with Crippen LogP contribution in [0.5, 0.6) is 0 Å². The van der Waals surface area contributed by atoms with E-state index in [-0.39, 0.29) is 0 Å². The molecule has 0 amide bonds. The first-order valence-electron chi connectivity index (χ1n) is 4.27. The van der Waals surface area contributed by atoms with Crippen LogP contribution in [0.3, 0.4) is 0 Å². The predicted octanol–water partition coefficient (Wildman–Crippen LogP) is 1.43. The summed E-state index contributed by atoms with van der Waals surface area (Å²) in [5.74, 6) is 0. The Kier molecular flexibility index (Phi) is 1.85. The fraction of sp³-hybridized carbons (Fsp3) is 0.200. The molecule has 2 aromatic rings. The summed E-state index contributed by atoms with van der Waals surface area (Å²) in [5.41, 5.74) is 1.05. The van der Waals surface area contributed by atoms with Crippen molar-refractivity contribution < 1.29 is 4.73 Å². The van der Waals surface area contributed by atoms with Gasteiger partial charge >= 0.3 is 0 Å². The molecule has 66 valence electrons. The maximum atomic E-state index is 10.9. The number of rotatable bonds is 1. The molecule has 0 spiro atoms. The summed E-state index contributed by atoms with van der Waals surface area (Å²) in [5, 5.41) is 12.9. The van der Waals surface area contributed by atoms with E-state index in [0.717, 1.165) is 27.6 Å². The van der Waals surface area contributed by atoms with Crippen molar-refractivity contribution in [2.45, 2.75) is 13.3 Å². The molecule has 0 radical (unpaired) electrons. The van der Waals surface area contributed by atoms with Gasteiger partial charge in [0.1, 0.15) is 0 Å². The number of nitrogens with zero attached hydrogens (tertiary/aromatic N) is 2. The van der Waals surface area contributed by atoms with E-state index in [9.17, 15) is 5.21 Å². The molecule has 0 bridgehead atoms. The molecule has 3 nitrogen and oxygen atoms in total. The smallest absolute Gasteiger partial charge is 0.189 e. The SMILES string of the molecule is CCc1cc2cc[n+]([O-])cc2cn1. The first kappa shape index (κ1) is 7.98. The number of hydrogen-bond donors (Lipinski definition) is 0. The molecule has 2 rings (SSSR count). The van der Waals surface area contributed by atoms with Crippen molar-refractivity contribution in [1.82, 2.24) is 4.98 Å². The fourth-order valence-electron chi connectivity index (χ4n) is 1.31. The van der Waals surface area contributed by atoms with E-state index in [1.54, 1.807) is 6.20 Å². The van der Waals surface area contributed by atoms with Crippen molar-refractivity contribution in [3.05, 3.63) is 41.6 Å². The Bertz CT molecular complexity index is 440. The Labute approximate surface area is 76.2 Å². The van der Waals surface area contributed by atoms with E-state index in [0.29, 0.717) is 0 Å². The van der Waals surface area contributed by atoms with Gasteiger partial charge in [-0.1, -0.05) is 6.92 Å². The molecule has 0 aromatic carbocycles. The van der Waals surface area contributed by atoms with Crippen molar-refractivity contribution in [3.8, 4) is 0 Å². The van der Waals surface area contributed by atoms with E-state index >= 15 is 0 Å². The third kappa shape index (κ3) is 1.45. The lowest BCUT2D eigenvalue weighted by Crippen LogP contribution is -2.23. The van der Waals surface area contributed by atoms with Gasteiger partial charge in [0.05, 0.1) is 5.39 Å². The lowest BCUT2D eigenvalue weighted by molar-refractivity contribution is -0.603. The van der Waals surface area contributed by atoms with Gasteiger partial charge in [-0.3, -0.25) is 4.98 Å². The summed E-state index contributed by atoms with van der Waals surface area (Å²) in [7, 11) is 0. The van der Waals surface area contributed by atoms with Crippen LogP contribution in [0.25, 0.3) is 10.8 Å². The molecule has 3 heteroatoms. The van der Waals surface area contributed by atoms with Crippen LogP contribution in [-0.2, 0) is 6.42 Å². The van der Waals surface area contributed by atoms with Crippen LogP contribution in [-0.4, -0.2) is 4.98 Å². The average Bonchev–Trinajstić information content (AvgIpc) is 2.17. The van der Waals surface area contributed by atoms with Gasteiger partial charge in [0.15, 0.2) is 12.4 Å². The number of fused-ring (bicyclic) bond motifs is 1. The van der Waals surface area contributed by atoms with E-state index in [1.165, 1.54) is 12.4 Å². The number of aryl methyl sites for hydroxylation is 1. The molecule has 0 unspecified atom stereocenters. The molecule has 0 atom stereocenters. The quantitative estimate of drug-likeness (QED) is 0.484. The molecular formula is C10H10N2O. The zero-order valence-electron chi connectivity index (χ0n) is 7.40. The van der Waals surface area contributed by atoms with Gasteiger partial charge in [-0.2, -0.15) is 4.73 Å². The highest BCUT2D eigenvalue weighted by Gasteiger charge is 1.99. The summed E-state index contributed by atoms with van der Waals surface area (Å²) >= 11 is 0. The molecular weight excluding hydrogens is 164 g/mol. The van der Waals surface area contributed by atoms with Gasteiger partial charge in [-0.05, 0) is 17.9 Å². The number of aromatic nitrogens is 2. The Balaban J connectivity index is 2.66. The molecule has 13 heavy (non-hydrogen) atoms. The normalized spacial score (nSPS) is 10.5. The highest BCUT2D eigenvalue weighted by Crippen LogP contribution is 2.11. The Morgan fingerprint density at radius 3 is 3.08 bits per heavy atom. The van der Waals surface area contributed by atoms with E-state index in [2.05, 4.69) is 11.9 Å². The van der Waals surface area contributed by atoms with Crippen molar-refractivity contribution in [2.24, 2.45) is 0 Å².